The van der Waals surface area contributed by atoms with Crippen LogP contribution >= 0.6 is 22.9 Å². The van der Waals surface area contributed by atoms with E-state index >= 15 is 0 Å². The SMILES string of the molecule is O=C(Nc1nc2ccc(Cl)cc2s1)[C@@H]1CC=CCC1. The highest BCUT2D eigenvalue weighted by molar-refractivity contribution is 7.22. The van der Waals surface area contributed by atoms with Gasteiger partial charge in [-0.1, -0.05) is 35.1 Å². The maximum Gasteiger partial charge on any atom is 0.229 e. The summed E-state index contributed by atoms with van der Waals surface area (Å²) in [7, 11) is 0. The molecule has 1 aliphatic rings. The fraction of sp³-hybridized carbons (Fsp3) is 0.286. The lowest BCUT2D eigenvalue weighted by atomic mass is 9.94. The lowest BCUT2D eigenvalue weighted by molar-refractivity contribution is -0.120. The molecule has 2 aromatic rings. The Labute approximate surface area is 120 Å². The topological polar surface area (TPSA) is 42.0 Å². The van der Waals surface area contributed by atoms with Crippen molar-refractivity contribution in [1.29, 1.82) is 0 Å². The molecule has 0 bridgehead atoms. The molecule has 1 aromatic heterocycles. The molecule has 3 rings (SSSR count). The van der Waals surface area contributed by atoms with E-state index in [4.69, 9.17) is 11.6 Å². The van der Waals surface area contributed by atoms with Crippen LogP contribution in [0, 0.1) is 5.92 Å². The Morgan fingerprint density at radius 3 is 3.11 bits per heavy atom. The molecular formula is C14H13ClN2OS. The zero-order chi connectivity index (χ0) is 13.2. The predicted molar refractivity (Wildman–Crippen MR) is 79.7 cm³/mol. The summed E-state index contributed by atoms with van der Waals surface area (Å²) in [5.74, 6) is 0.134. The molecule has 0 spiro atoms. The Bertz CT molecular complexity index is 650. The molecule has 1 heterocycles. The average Bonchev–Trinajstić information content (AvgIpc) is 2.81. The number of hydrogen-bond acceptors (Lipinski definition) is 3. The van der Waals surface area contributed by atoms with Gasteiger partial charge in [-0.2, -0.15) is 0 Å². The number of carbonyl (C=O) groups excluding carboxylic acids is 1. The Balaban J connectivity index is 1.77. The second-order valence-electron chi connectivity index (χ2n) is 4.60. The van der Waals surface area contributed by atoms with Crippen LogP contribution in [0.1, 0.15) is 19.3 Å². The first kappa shape index (κ1) is 12.6. The molecule has 0 radical (unpaired) electrons. The van der Waals surface area contributed by atoms with Gasteiger partial charge in [-0.15, -0.1) is 0 Å². The largest absolute Gasteiger partial charge is 0.302 e. The maximum absolute atomic E-state index is 12.1. The lowest BCUT2D eigenvalue weighted by Gasteiger charge is -2.15. The minimum absolute atomic E-state index is 0.0644. The van der Waals surface area contributed by atoms with Crippen molar-refractivity contribution in [2.24, 2.45) is 5.92 Å². The van der Waals surface area contributed by atoms with Crippen LogP contribution in [-0.4, -0.2) is 10.9 Å². The molecular weight excluding hydrogens is 280 g/mol. The van der Waals surface area contributed by atoms with E-state index in [1.807, 2.05) is 12.1 Å². The molecule has 0 saturated carbocycles. The second-order valence-corrected chi connectivity index (χ2v) is 6.07. The van der Waals surface area contributed by atoms with Crippen molar-refractivity contribution in [3.8, 4) is 0 Å². The van der Waals surface area contributed by atoms with Gasteiger partial charge in [0.1, 0.15) is 0 Å². The number of benzene rings is 1. The molecule has 1 atom stereocenters. The first-order valence-electron chi connectivity index (χ1n) is 6.24. The Kier molecular flexibility index (Phi) is 3.53. The van der Waals surface area contributed by atoms with Crippen LogP contribution in [0.4, 0.5) is 5.13 Å². The van der Waals surface area contributed by atoms with Crippen LogP contribution < -0.4 is 5.32 Å². The van der Waals surface area contributed by atoms with Gasteiger partial charge >= 0.3 is 0 Å². The fourth-order valence-corrected chi connectivity index (χ4v) is 3.34. The molecule has 19 heavy (non-hydrogen) atoms. The summed E-state index contributed by atoms with van der Waals surface area (Å²) in [6, 6.07) is 5.54. The molecule has 1 amide bonds. The van der Waals surface area contributed by atoms with Gasteiger partial charge < -0.3 is 5.32 Å². The molecule has 0 saturated heterocycles. The highest BCUT2D eigenvalue weighted by atomic mass is 35.5. The minimum atomic E-state index is 0.0644. The first-order valence-corrected chi connectivity index (χ1v) is 7.44. The molecule has 0 fully saturated rings. The number of carbonyl (C=O) groups is 1. The van der Waals surface area contributed by atoms with Crippen LogP contribution in [0.25, 0.3) is 10.2 Å². The molecule has 5 heteroatoms. The van der Waals surface area contributed by atoms with Crippen LogP contribution in [0.3, 0.4) is 0 Å². The van der Waals surface area contributed by atoms with E-state index in [1.165, 1.54) is 11.3 Å². The number of halogens is 1. The summed E-state index contributed by atoms with van der Waals surface area (Å²) in [5.41, 5.74) is 0.869. The summed E-state index contributed by atoms with van der Waals surface area (Å²) >= 11 is 7.40. The summed E-state index contributed by atoms with van der Waals surface area (Å²) in [4.78, 5) is 16.5. The lowest BCUT2D eigenvalue weighted by Crippen LogP contribution is -2.23. The van der Waals surface area contributed by atoms with E-state index in [9.17, 15) is 4.79 Å². The number of hydrogen-bond donors (Lipinski definition) is 1. The zero-order valence-electron chi connectivity index (χ0n) is 10.2. The summed E-state index contributed by atoms with van der Waals surface area (Å²) in [5, 5.41) is 4.25. The van der Waals surface area contributed by atoms with Gasteiger partial charge in [-0.25, -0.2) is 4.98 Å². The number of aromatic nitrogens is 1. The molecule has 98 valence electrons. The number of nitrogens with one attached hydrogen (secondary N) is 1. The van der Waals surface area contributed by atoms with Gasteiger partial charge in [0.2, 0.25) is 5.91 Å². The van der Waals surface area contributed by atoms with E-state index in [-0.39, 0.29) is 11.8 Å². The Morgan fingerprint density at radius 2 is 2.32 bits per heavy atom. The van der Waals surface area contributed by atoms with Crippen molar-refractivity contribution < 1.29 is 4.79 Å². The summed E-state index contributed by atoms with van der Waals surface area (Å²) in [6.45, 7) is 0. The van der Waals surface area contributed by atoms with Gasteiger partial charge in [-0.3, -0.25) is 4.79 Å². The van der Waals surface area contributed by atoms with E-state index in [0.29, 0.717) is 10.2 Å². The summed E-state index contributed by atoms with van der Waals surface area (Å²) in [6.07, 6.45) is 6.92. The van der Waals surface area contributed by atoms with Gasteiger partial charge in [0.15, 0.2) is 5.13 Å². The average molecular weight is 293 g/mol. The first-order chi connectivity index (χ1) is 9.22. The van der Waals surface area contributed by atoms with E-state index in [0.717, 1.165) is 29.5 Å². The van der Waals surface area contributed by atoms with Gasteiger partial charge in [-0.05, 0) is 37.5 Å². The van der Waals surface area contributed by atoms with Crippen LogP contribution in [0.15, 0.2) is 30.4 Å². The second kappa shape index (κ2) is 5.31. The third kappa shape index (κ3) is 2.80. The number of rotatable bonds is 2. The van der Waals surface area contributed by atoms with Gasteiger partial charge in [0.25, 0.3) is 0 Å². The minimum Gasteiger partial charge on any atom is -0.302 e. The zero-order valence-corrected chi connectivity index (χ0v) is 11.8. The van der Waals surface area contributed by atoms with Crippen molar-refractivity contribution in [1.82, 2.24) is 4.98 Å². The number of nitrogens with zero attached hydrogens (tertiary/aromatic N) is 1. The highest BCUT2D eigenvalue weighted by Gasteiger charge is 2.19. The smallest absolute Gasteiger partial charge is 0.229 e. The molecule has 0 unspecified atom stereocenters. The van der Waals surface area contributed by atoms with E-state index in [1.54, 1.807) is 6.07 Å². The van der Waals surface area contributed by atoms with Gasteiger partial charge in [0, 0.05) is 10.9 Å². The van der Waals surface area contributed by atoms with Crippen molar-refractivity contribution in [3.63, 3.8) is 0 Å². The standard InChI is InChI=1S/C14H13ClN2OS/c15-10-6-7-11-12(8-10)19-14(16-11)17-13(18)9-4-2-1-3-5-9/h1-2,6-9H,3-5H2,(H,16,17,18)/t9-/m1/s1. The third-order valence-corrected chi connectivity index (χ3v) is 4.39. The quantitative estimate of drug-likeness (QED) is 0.841. The monoisotopic (exact) mass is 292 g/mol. The van der Waals surface area contributed by atoms with Crippen LogP contribution in [-0.2, 0) is 4.79 Å². The highest BCUT2D eigenvalue weighted by Crippen LogP contribution is 2.29. The van der Waals surface area contributed by atoms with E-state index < -0.39 is 0 Å². The number of amides is 1. The number of allylic oxidation sites excluding steroid dienone is 2. The number of thiazole rings is 1. The van der Waals surface area contributed by atoms with Crippen molar-refractivity contribution in [3.05, 3.63) is 35.4 Å². The predicted octanol–water partition coefficient (Wildman–Crippen LogP) is 4.24. The fourth-order valence-electron chi connectivity index (χ4n) is 2.19. The Hall–Kier alpha value is -1.39. The van der Waals surface area contributed by atoms with Crippen LogP contribution in [0.2, 0.25) is 5.02 Å². The molecule has 1 N–H and O–H groups in total. The summed E-state index contributed by atoms with van der Waals surface area (Å²) < 4.78 is 0.992. The van der Waals surface area contributed by atoms with Crippen molar-refractivity contribution in [2.75, 3.05) is 5.32 Å². The molecule has 3 nitrogen and oxygen atoms in total. The normalized spacial score (nSPS) is 18.7. The van der Waals surface area contributed by atoms with Gasteiger partial charge in [0.05, 0.1) is 10.2 Å². The molecule has 1 aromatic carbocycles. The number of anilines is 1. The molecule has 1 aliphatic carbocycles. The number of fused-ring (bicyclic) bond motifs is 1. The van der Waals surface area contributed by atoms with Crippen molar-refractivity contribution in [2.45, 2.75) is 19.3 Å². The Morgan fingerprint density at radius 1 is 1.42 bits per heavy atom. The molecule has 0 aliphatic heterocycles. The third-order valence-electron chi connectivity index (χ3n) is 3.22. The van der Waals surface area contributed by atoms with Crippen molar-refractivity contribution >= 4 is 44.2 Å². The maximum atomic E-state index is 12.1. The van der Waals surface area contributed by atoms with Crippen LogP contribution in [0.5, 0.6) is 0 Å². The van der Waals surface area contributed by atoms with E-state index in [2.05, 4.69) is 22.5 Å².